The lowest BCUT2D eigenvalue weighted by atomic mass is 10.1. The summed E-state index contributed by atoms with van der Waals surface area (Å²) in [7, 11) is 0. The quantitative estimate of drug-likeness (QED) is 0.860. The van der Waals surface area contributed by atoms with E-state index < -0.39 is 23.6 Å². The van der Waals surface area contributed by atoms with Gasteiger partial charge in [0.2, 0.25) is 0 Å². The Labute approximate surface area is 96.3 Å². The van der Waals surface area contributed by atoms with Gasteiger partial charge in [-0.3, -0.25) is 4.79 Å². The van der Waals surface area contributed by atoms with Crippen molar-refractivity contribution in [3.8, 4) is 0 Å². The molecule has 1 aromatic carbocycles. The van der Waals surface area contributed by atoms with Crippen molar-refractivity contribution in [3.05, 3.63) is 29.8 Å². The van der Waals surface area contributed by atoms with Crippen LogP contribution in [-0.2, 0) is 11.0 Å². The molecule has 94 valence electrons. The van der Waals surface area contributed by atoms with E-state index in [0.717, 1.165) is 12.1 Å². The molecule has 0 fully saturated rings. The number of hydrogen-bond donors (Lipinski definition) is 2. The summed E-state index contributed by atoms with van der Waals surface area (Å²) in [5, 5.41) is 11.4. The number of aliphatic carboxylic acids is 1. The van der Waals surface area contributed by atoms with Crippen LogP contribution in [0, 0.1) is 5.92 Å². The summed E-state index contributed by atoms with van der Waals surface area (Å²) in [4.78, 5) is 10.5. The third kappa shape index (κ3) is 3.97. The largest absolute Gasteiger partial charge is 0.481 e. The van der Waals surface area contributed by atoms with Gasteiger partial charge in [0, 0.05) is 12.2 Å². The lowest BCUT2D eigenvalue weighted by Gasteiger charge is -2.11. The molecule has 0 heterocycles. The van der Waals surface area contributed by atoms with E-state index in [1.165, 1.54) is 19.1 Å². The SMILES string of the molecule is CC(CNc1ccc(C(F)(F)F)cc1)C(=O)O. The van der Waals surface area contributed by atoms with Gasteiger partial charge in [0.1, 0.15) is 0 Å². The molecule has 0 aliphatic rings. The van der Waals surface area contributed by atoms with Crippen LogP contribution in [0.1, 0.15) is 12.5 Å². The lowest BCUT2D eigenvalue weighted by molar-refractivity contribution is -0.140. The highest BCUT2D eigenvalue weighted by Gasteiger charge is 2.29. The Morgan fingerprint density at radius 2 is 1.88 bits per heavy atom. The average molecular weight is 247 g/mol. The van der Waals surface area contributed by atoms with Crippen molar-refractivity contribution in [1.29, 1.82) is 0 Å². The summed E-state index contributed by atoms with van der Waals surface area (Å²) in [5.41, 5.74) is -0.263. The predicted molar refractivity (Wildman–Crippen MR) is 56.7 cm³/mol. The number of benzene rings is 1. The fourth-order valence-corrected chi connectivity index (χ4v) is 1.14. The number of carbonyl (C=O) groups is 1. The molecule has 1 atom stereocenters. The maximum atomic E-state index is 12.2. The van der Waals surface area contributed by atoms with E-state index in [2.05, 4.69) is 5.32 Å². The Hall–Kier alpha value is -1.72. The van der Waals surface area contributed by atoms with Gasteiger partial charge in [0.05, 0.1) is 11.5 Å². The van der Waals surface area contributed by atoms with Crippen molar-refractivity contribution in [2.45, 2.75) is 13.1 Å². The number of halogens is 3. The van der Waals surface area contributed by atoms with Crippen LogP contribution < -0.4 is 5.32 Å². The zero-order chi connectivity index (χ0) is 13.1. The Morgan fingerprint density at radius 3 is 2.29 bits per heavy atom. The first-order valence-electron chi connectivity index (χ1n) is 4.94. The maximum Gasteiger partial charge on any atom is 0.416 e. The van der Waals surface area contributed by atoms with E-state index in [1.54, 1.807) is 0 Å². The highest BCUT2D eigenvalue weighted by molar-refractivity contribution is 5.70. The van der Waals surface area contributed by atoms with Crippen LogP contribution in [-0.4, -0.2) is 17.6 Å². The smallest absolute Gasteiger partial charge is 0.416 e. The van der Waals surface area contributed by atoms with E-state index >= 15 is 0 Å². The lowest BCUT2D eigenvalue weighted by Crippen LogP contribution is -2.19. The maximum absolute atomic E-state index is 12.2. The number of hydrogen-bond acceptors (Lipinski definition) is 2. The molecule has 0 bridgehead atoms. The number of carboxylic acid groups (broad SMARTS) is 1. The molecule has 0 aliphatic carbocycles. The summed E-state index contributed by atoms with van der Waals surface area (Å²) in [5.74, 6) is -1.55. The van der Waals surface area contributed by atoms with Gasteiger partial charge in [0.25, 0.3) is 0 Å². The molecule has 0 amide bonds. The van der Waals surface area contributed by atoms with E-state index in [4.69, 9.17) is 5.11 Å². The predicted octanol–water partition coefficient (Wildman–Crippen LogP) is 2.84. The van der Waals surface area contributed by atoms with Gasteiger partial charge in [-0.15, -0.1) is 0 Å². The molecular weight excluding hydrogens is 235 g/mol. The van der Waals surface area contributed by atoms with Crippen LogP contribution in [0.25, 0.3) is 0 Å². The van der Waals surface area contributed by atoms with E-state index in [0.29, 0.717) is 5.69 Å². The molecule has 0 aliphatic heterocycles. The summed E-state index contributed by atoms with van der Waals surface area (Å²) >= 11 is 0. The highest BCUT2D eigenvalue weighted by atomic mass is 19.4. The van der Waals surface area contributed by atoms with E-state index in [-0.39, 0.29) is 6.54 Å². The molecule has 0 spiro atoms. The monoisotopic (exact) mass is 247 g/mol. The molecule has 2 N–H and O–H groups in total. The topological polar surface area (TPSA) is 49.3 Å². The van der Waals surface area contributed by atoms with Crippen LogP contribution in [0.5, 0.6) is 0 Å². The molecule has 0 aromatic heterocycles. The van der Waals surface area contributed by atoms with Crippen LogP contribution >= 0.6 is 0 Å². The fraction of sp³-hybridized carbons (Fsp3) is 0.364. The van der Waals surface area contributed by atoms with Crippen molar-refractivity contribution in [3.63, 3.8) is 0 Å². The Morgan fingerprint density at radius 1 is 1.35 bits per heavy atom. The first-order valence-corrected chi connectivity index (χ1v) is 4.94. The summed E-state index contributed by atoms with van der Waals surface area (Å²) < 4.78 is 36.7. The van der Waals surface area contributed by atoms with Crippen molar-refractivity contribution in [2.75, 3.05) is 11.9 Å². The molecule has 0 saturated heterocycles. The third-order valence-electron chi connectivity index (χ3n) is 2.25. The Balaban J connectivity index is 2.60. The minimum atomic E-state index is -4.35. The first-order chi connectivity index (χ1) is 7.80. The Kier molecular flexibility index (Phi) is 3.98. The molecule has 1 rings (SSSR count). The number of nitrogens with one attached hydrogen (secondary N) is 1. The number of anilines is 1. The van der Waals surface area contributed by atoms with E-state index in [1.807, 2.05) is 0 Å². The van der Waals surface area contributed by atoms with Crippen molar-refractivity contribution in [2.24, 2.45) is 5.92 Å². The summed E-state index contributed by atoms with van der Waals surface area (Å²) in [6, 6.07) is 4.45. The second-order valence-corrected chi connectivity index (χ2v) is 3.70. The highest BCUT2D eigenvalue weighted by Crippen LogP contribution is 2.29. The van der Waals surface area contributed by atoms with Gasteiger partial charge in [-0.1, -0.05) is 6.92 Å². The summed E-state index contributed by atoms with van der Waals surface area (Å²) in [6.07, 6.45) is -4.35. The first kappa shape index (κ1) is 13.3. The molecule has 17 heavy (non-hydrogen) atoms. The van der Waals surface area contributed by atoms with Gasteiger partial charge < -0.3 is 10.4 Å². The van der Waals surface area contributed by atoms with Gasteiger partial charge >= 0.3 is 12.1 Å². The minimum absolute atomic E-state index is 0.167. The van der Waals surface area contributed by atoms with Gasteiger partial charge in [0.15, 0.2) is 0 Å². The second-order valence-electron chi connectivity index (χ2n) is 3.70. The van der Waals surface area contributed by atoms with Crippen LogP contribution in [0.3, 0.4) is 0 Å². The minimum Gasteiger partial charge on any atom is -0.481 e. The second kappa shape index (κ2) is 5.07. The average Bonchev–Trinajstić information content (AvgIpc) is 2.25. The molecular formula is C11H12F3NO2. The van der Waals surface area contributed by atoms with Gasteiger partial charge in [-0.2, -0.15) is 13.2 Å². The fourth-order valence-electron chi connectivity index (χ4n) is 1.14. The van der Waals surface area contributed by atoms with Gasteiger partial charge in [-0.05, 0) is 24.3 Å². The molecule has 0 saturated carbocycles. The number of alkyl halides is 3. The molecule has 3 nitrogen and oxygen atoms in total. The standard InChI is InChI=1S/C11H12F3NO2/c1-7(10(16)17)6-15-9-4-2-8(3-5-9)11(12,13)14/h2-5,7,15H,6H2,1H3,(H,16,17). The normalized spacial score (nSPS) is 13.2. The van der Waals surface area contributed by atoms with Crippen LogP contribution in [0.4, 0.5) is 18.9 Å². The van der Waals surface area contributed by atoms with Crippen LogP contribution in [0.15, 0.2) is 24.3 Å². The van der Waals surface area contributed by atoms with Crippen molar-refractivity contribution < 1.29 is 23.1 Å². The number of rotatable bonds is 4. The molecule has 1 aromatic rings. The third-order valence-corrected chi connectivity index (χ3v) is 2.25. The van der Waals surface area contributed by atoms with Crippen LogP contribution in [0.2, 0.25) is 0 Å². The zero-order valence-electron chi connectivity index (χ0n) is 9.08. The van der Waals surface area contributed by atoms with Crippen molar-refractivity contribution >= 4 is 11.7 Å². The van der Waals surface area contributed by atoms with E-state index in [9.17, 15) is 18.0 Å². The molecule has 6 heteroatoms. The molecule has 0 radical (unpaired) electrons. The molecule has 1 unspecified atom stereocenters. The van der Waals surface area contributed by atoms with Gasteiger partial charge in [-0.25, -0.2) is 0 Å². The van der Waals surface area contributed by atoms with Crippen molar-refractivity contribution in [1.82, 2.24) is 0 Å². The Bertz CT molecular complexity index is 387. The number of carboxylic acids is 1. The summed E-state index contributed by atoms with van der Waals surface area (Å²) in [6.45, 7) is 1.68. The zero-order valence-corrected chi connectivity index (χ0v) is 9.08.